The SMILES string of the molecule is COC(=O)CCC(=O)NC(=S)NNC(=O)c1cccc(C)c1. The van der Waals surface area contributed by atoms with Crippen molar-refractivity contribution in [2.24, 2.45) is 0 Å². The molecule has 1 aromatic rings. The van der Waals surface area contributed by atoms with Crippen LogP contribution in [0.25, 0.3) is 0 Å². The Hall–Kier alpha value is -2.48. The molecule has 0 aliphatic heterocycles. The second kappa shape index (κ2) is 8.73. The van der Waals surface area contributed by atoms with Crippen molar-refractivity contribution >= 4 is 35.1 Å². The number of methoxy groups -OCH3 is 1. The van der Waals surface area contributed by atoms with Crippen molar-refractivity contribution in [3.8, 4) is 0 Å². The summed E-state index contributed by atoms with van der Waals surface area (Å²) in [5.41, 5.74) is 6.20. The van der Waals surface area contributed by atoms with E-state index < -0.39 is 11.9 Å². The number of ether oxygens (including phenoxy) is 1. The summed E-state index contributed by atoms with van der Waals surface area (Å²) in [6, 6.07) is 7.00. The molecule has 0 heterocycles. The predicted molar refractivity (Wildman–Crippen MR) is 83.8 cm³/mol. The maximum atomic E-state index is 11.8. The Morgan fingerprint density at radius 2 is 1.91 bits per heavy atom. The summed E-state index contributed by atoms with van der Waals surface area (Å²) in [6.45, 7) is 1.87. The Morgan fingerprint density at radius 1 is 1.18 bits per heavy atom. The van der Waals surface area contributed by atoms with Gasteiger partial charge in [-0.1, -0.05) is 17.7 Å². The number of carbonyl (C=O) groups is 3. The highest BCUT2D eigenvalue weighted by Crippen LogP contribution is 2.02. The fraction of sp³-hybridized carbons (Fsp3) is 0.286. The molecule has 0 spiro atoms. The lowest BCUT2D eigenvalue weighted by atomic mass is 10.1. The van der Waals surface area contributed by atoms with Crippen molar-refractivity contribution in [2.75, 3.05) is 7.11 Å². The van der Waals surface area contributed by atoms with Gasteiger partial charge in [0.1, 0.15) is 0 Å². The third-order valence-electron chi connectivity index (χ3n) is 2.61. The lowest BCUT2D eigenvalue weighted by Crippen LogP contribution is -2.48. The number of hydrogen-bond acceptors (Lipinski definition) is 5. The zero-order chi connectivity index (χ0) is 16.5. The molecule has 1 rings (SSSR count). The molecule has 0 aliphatic rings. The van der Waals surface area contributed by atoms with Crippen LogP contribution in [0.3, 0.4) is 0 Å². The summed E-state index contributed by atoms with van der Waals surface area (Å²) in [7, 11) is 1.24. The van der Waals surface area contributed by atoms with Crippen molar-refractivity contribution in [3.63, 3.8) is 0 Å². The van der Waals surface area contributed by atoms with Crippen LogP contribution in [0.5, 0.6) is 0 Å². The van der Waals surface area contributed by atoms with Gasteiger partial charge >= 0.3 is 5.97 Å². The third kappa shape index (κ3) is 6.31. The molecule has 118 valence electrons. The summed E-state index contributed by atoms with van der Waals surface area (Å²) in [5.74, 6) is -1.32. The van der Waals surface area contributed by atoms with Crippen LogP contribution in [0.2, 0.25) is 0 Å². The minimum Gasteiger partial charge on any atom is -0.469 e. The van der Waals surface area contributed by atoms with Gasteiger partial charge in [0.15, 0.2) is 5.11 Å². The molecule has 0 atom stereocenters. The van der Waals surface area contributed by atoms with Crippen molar-refractivity contribution < 1.29 is 19.1 Å². The summed E-state index contributed by atoms with van der Waals surface area (Å²) < 4.78 is 4.42. The average Bonchev–Trinajstić information content (AvgIpc) is 2.50. The molecule has 0 unspecified atom stereocenters. The van der Waals surface area contributed by atoms with E-state index in [9.17, 15) is 14.4 Å². The van der Waals surface area contributed by atoms with Crippen molar-refractivity contribution in [2.45, 2.75) is 19.8 Å². The first-order valence-electron chi connectivity index (χ1n) is 6.46. The number of nitrogens with one attached hydrogen (secondary N) is 3. The number of aryl methyl sites for hydroxylation is 1. The molecule has 0 aromatic heterocycles. The van der Waals surface area contributed by atoms with Gasteiger partial charge in [0.25, 0.3) is 5.91 Å². The summed E-state index contributed by atoms with van der Waals surface area (Å²) in [4.78, 5) is 34.2. The van der Waals surface area contributed by atoms with Crippen molar-refractivity contribution in [3.05, 3.63) is 35.4 Å². The first-order valence-corrected chi connectivity index (χ1v) is 6.87. The largest absolute Gasteiger partial charge is 0.469 e. The van der Waals surface area contributed by atoms with Gasteiger partial charge in [-0.25, -0.2) is 0 Å². The molecule has 0 bridgehead atoms. The predicted octanol–water partition coefficient (Wildman–Crippen LogP) is 0.584. The second-order valence-electron chi connectivity index (χ2n) is 4.40. The van der Waals surface area contributed by atoms with Crippen LogP contribution in [0.15, 0.2) is 24.3 Å². The summed E-state index contributed by atoms with van der Waals surface area (Å²) in [5, 5.41) is 2.28. The second-order valence-corrected chi connectivity index (χ2v) is 4.81. The maximum absolute atomic E-state index is 11.8. The highest BCUT2D eigenvalue weighted by Gasteiger charge is 2.09. The van der Waals surface area contributed by atoms with E-state index >= 15 is 0 Å². The zero-order valence-corrected chi connectivity index (χ0v) is 13.1. The number of esters is 1. The fourth-order valence-electron chi connectivity index (χ4n) is 1.51. The molecule has 22 heavy (non-hydrogen) atoms. The van der Waals surface area contributed by atoms with E-state index in [-0.39, 0.29) is 23.9 Å². The van der Waals surface area contributed by atoms with Crippen LogP contribution in [-0.4, -0.2) is 30.0 Å². The van der Waals surface area contributed by atoms with Gasteiger partial charge in [-0.15, -0.1) is 0 Å². The van der Waals surface area contributed by atoms with E-state index in [1.807, 2.05) is 13.0 Å². The Kier molecular flexibility index (Phi) is 6.97. The van der Waals surface area contributed by atoms with E-state index in [2.05, 4.69) is 20.9 Å². The quantitative estimate of drug-likeness (QED) is 0.426. The van der Waals surface area contributed by atoms with Crippen molar-refractivity contribution in [1.29, 1.82) is 0 Å². The molecule has 0 saturated heterocycles. The van der Waals surface area contributed by atoms with E-state index in [1.54, 1.807) is 18.2 Å². The zero-order valence-electron chi connectivity index (χ0n) is 12.3. The number of carbonyl (C=O) groups excluding carboxylic acids is 3. The van der Waals surface area contributed by atoms with Gasteiger partial charge in [0.05, 0.1) is 13.5 Å². The highest BCUT2D eigenvalue weighted by atomic mass is 32.1. The lowest BCUT2D eigenvalue weighted by Gasteiger charge is -2.10. The number of hydrazine groups is 1. The fourth-order valence-corrected chi connectivity index (χ4v) is 1.67. The Labute approximate surface area is 133 Å². The molecule has 0 aliphatic carbocycles. The van der Waals surface area contributed by atoms with Gasteiger partial charge < -0.3 is 10.1 Å². The number of amides is 2. The van der Waals surface area contributed by atoms with Crippen LogP contribution in [0, 0.1) is 6.92 Å². The van der Waals surface area contributed by atoms with Crippen LogP contribution < -0.4 is 16.2 Å². The molecule has 0 fully saturated rings. The smallest absolute Gasteiger partial charge is 0.306 e. The highest BCUT2D eigenvalue weighted by molar-refractivity contribution is 7.80. The van der Waals surface area contributed by atoms with Gasteiger partial charge in [0.2, 0.25) is 5.91 Å². The number of benzene rings is 1. The van der Waals surface area contributed by atoms with E-state index in [1.165, 1.54) is 7.11 Å². The van der Waals surface area contributed by atoms with Crippen LogP contribution in [0.1, 0.15) is 28.8 Å². The topological polar surface area (TPSA) is 96.5 Å². The molecule has 2 amide bonds. The summed E-state index contributed by atoms with van der Waals surface area (Å²) in [6.07, 6.45) is -0.0963. The van der Waals surface area contributed by atoms with E-state index in [0.717, 1.165) is 5.56 Å². The number of hydrogen-bond donors (Lipinski definition) is 3. The maximum Gasteiger partial charge on any atom is 0.306 e. The summed E-state index contributed by atoms with van der Waals surface area (Å²) >= 11 is 4.86. The van der Waals surface area contributed by atoms with Gasteiger partial charge in [0, 0.05) is 12.0 Å². The molecular weight excluding hydrogens is 306 g/mol. The first-order chi connectivity index (χ1) is 10.4. The van der Waals surface area contributed by atoms with Crippen LogP contribution in [0.4, 0.5) is 0 Å². The lowest BCUT2D eigenvalue weighted by molar-refractivity contribution is -0.142. The molecule has 7 nitrogen and oxygen atoms in total. The molecule has 1 aromatic carbocycles. The average molecular weight is 323 g/mol. The third-order valence-corrected chi connectivity index (χ3v) is 2.81. The number of thiocarbonyl (C=S) groups is 1. The number of rotatable bonds is 4. The van der Waals surface area contributed by atoms with Gasteiger partial charge in [-0.3, -0.25) is 25.2 Å². The van der Waals surface area contributed by atoms with Crippen LogP contribution in [-0.2, 0) is 14.3 Å². The molecule has 8 heteroatoms. The minimum atomic E-state index is -0.484. The Bertz CT molecular complexity index is 589. The monoisotopic (exact) mass is 323 g/mol. The van der Waals surface area contributed by atoms with Gasteiger partial charge in [-0.05, 0) is 31.3 Å². The minimum absolute atomic E-state index is 0.0411. The molecule has 0 radical (unpaired) electrons. The first kappa shape index (κ1) is 17.6. The standard InChI is InChI=1S/C14H17N3O4S/c1-9-4-3-5-10(8-9)13(20)16-17-14(22)15-11(18)6-7-12(19)21-2/h3-5,8H,6-7H2,1-2H3,(H,16,20)(H2,15,17,18,22). The molecule has 3 N–H and O–H groups in total. The van der Waals surface area contributed by atoms with E-state index in [4.69, 9.17) is 12.2 Å². The Morgan fingerprint density at radius 3 is 2.55 bits per heavy atom. The van der Waals surface area contributed by atoms with Crippen molar-refractivity contribution in [1.82, 2.24) is 16.2 Å². The van der Waals surface area contributed by atoms with Gasteiger partial charge in [-0.2, -0.15) is 0 Å². The van der Waals surface area contributed by atoms with Crippen LogP contribution >= 0.6 is 12.2 Å². The molecular formula is C14H17N3O4S. The normalized spacial score (nSPS) is 9.55. The molecule has 0 saturated carbocycles. The van der Waals surface area contributed by atoms with E-state index in [0.29, 0.717) is 5.56 Å². The Balaban J connectivity index is 2.35.